The van der Waals surface area contributed by atoms with Crippen LogP contribution >= 0.6 is 34.4 Å². The van der Waals surface area contributed by atoms with Gasteiger partial charge in [-0.25, -0.2) is 0 Å². The van der Waals surface area contributed by atoms with Gasteiger partial charge in [0, 0.05) is 0 Å². The number of halogens is 1. The standard InChI is InChI=1S/C20H19IN2O3S/c1-3-25-16-9-14(10-17-19(24)23-20(22)27-17)8-15(21)18(16)26-11-13-6-4-5-12(2)7-13/h4-10H,3,11H2,1-2H3,(H2,22,23,24). The van der Waals surface area contributed by atoms with Gasteiger partial charge in [-0.05, 0) is 77.5 Å². The molecule has 2 N–H and O–H groups in total. The first-order valence-corrected chi connectivity index (χ1v) is 10.3. The first kappa shape index (κ1) is 19.8. The summed E-state index contributed by atoms with van der Waals surface area (Å²) in [5, 5.41) is 0.268. The Morgan fingerprint density at radius 1 is 1.26 bits per heavy atom. The van der Waals surface area contributed by atoms with E-state index in [-0.39, 0.29) is 11.1 Å². The monoisotopic (exact) mass is 494 g/mol. The average Bonchev–Trinajstić information content (AvgIpc) is 2.91. The van der Waals surface area contributed by atoms with Crippen molar-refractivity contribution in [3.63, 3.8) is 0 Å². The first-order chi connectivity index (χ1) is 13.0. The quantitative estimate of drug-likeness (QED) is 0.473. The zero-order valence-corrected chi connectivity index (χ0v) is 18.0. The minimum absolute atomic E-state index is 0.268. The minimum Gasteiger partial charge on any atom is -0.490 e. The first-order valence-electron chi connectivity index (χ1n) is 8.39. The molecule has 0 unspecified atom stereocenters. The average molecular weight is 494 g/mol. The molecule has 0 aliphatic carbocycles. The van der Waals surface area contributed by atoms with E-state index in [0.29, 0.717) is 29.6 Å². The molecular formula is C20H19IN2O3S. The van der Waals surface area contributed by atoms with Crippen LogP contribution in [0.4, 0.5) is 0 Å². The van der Waals surface area contributed by atoms with Crippen molar-refractivity contribution in [1.29, 1.82) is 0 Å². The topological polar surface area (TPSA) is 73.9 Å². The minimum atomic E-state index is -0.315. The second-order valence-corrected chi connectivity index (χ2v) is 8.13. The lowest BCUT2D eigenvalue weighted by Crippen LogP contribution is -2.02. The van der Waals surface area contributed by atoms with E-state index < -0.39 is 0 Å². The number of hydrogen-bond acceptors (Lipinski definition) is 5. The Kier molecular flexibility index (Phi) is 6.43. The summed E-state index contributed by atoms with van der Waals surface area (Å²) in [5.74, 6) is 1.03. The van der Waals surface area contributed by atoms with E-state index in [4.69, 9.17) is 15.2 Å². The van der Waals surface area contributed by atoms with E-state index in [9.17, 15) is 4.79 Å². The van der Waals surface area contributed by atoms with Crippen LogP contribution in [0.2, 0.25) is 0 Å². The summed E-state index contributed by atoms with van der Waals surface area (Å²) >= 11 is 3.39. The van der Waals surface area contributed by atoms with Crippen molar-refractivity contribution in [2.75, 3.05) is 6.61 Å². The summed E-state index contributed by atoms with van der Waals surface area (Å²) in [5.41, 5.74) is 8.74. The summed E-state index contributed by atoms with van der Waals surface area (Å²) < 4.78 is 12.7. The van der Waals surface area contributed by atoms with Crippen molar-refractivity contribution in [3.8, 4) is 11.5 Å². The number of amides is 1. The van der Waals surface area contributed by atoms with Crippen molar-refractivity contribution >= 4 is 51.5 Å². The molecule has 1 aliphatic rings. The van der Waals surface area contributed by atoms with Crippen molar-refractivity contribution < 1.29 is 14.3 Å². The molecule has 140 valence electrons. The fourth-order valence-corrected chi connectivity index (χ4v) is 4.07. The molecule has 0 bridgehead atoms. The van der Waals surface area contributed by atoms with Gasteiger partial charge in [0.2, 0.25) is 0 Å². The number of carbonyl (C=O) groups is 1. The lowest BCUT2D eigenvalue weighted by molar-refractivity contribution is -0.113. The number of amidine groups is 1. The van der Waals surface area contributed by atoms with Gasteiger partial charge in [-0.15, -0.1) is 0 Å². The number of carbonyl (C=O) groups excluding carboxylic acids is 1. The molecule has 5 nitrogen and oxygen atoms in total. The lowest BCUT2D eigenvalue weighted by atomic mass is 10.1. The van der Waals surface area contributed by atoms with Gasteiger partial charge in [0.1, 0.15) is 6.61 Å². The Balaban J connectivity index is 1.86. The summed E-state index contributed by atoms with van der Waals surface area (Å²) in [4.78, 5) is 16.1. The van der Waals surface area contributed by atoms with Crippen LogP contribution in [0.3, 0.4) is 0 Å². The highest BCUT2D eigenvalue weighted by atomic mass is 127. The van der Waals surface area contributed by atoms with Gasteiger partial charge in [0.25, 0.3) is 5.91 Å². The van der Waals surface area contributed by atoms with Gasteiger partial charge in [-0.3, -0.25) is 4.79 Å². The van der Waals surface area contributed by atoms with Crippen molar-refractivity contribution in [3.05, 3.63) is 61.6 Å². The summed E-state index contributed by atoms with van der Waals surface area (Å²) in [6.45, 7) is 4.95. The molecule has 2 aromatic carbocycles. The number of nitrogens with zero attached hydrogens (tertiary/aromatic N) is 1. The maximum atomic E-state index is 11.8. The van der Waals surface area contributed by atoms with E-state index in [2.05, 4.69) is 46.6 Å². The third-order valence-electron chi connectivity index (χ3n) is 3.73. The summed E-state index contributed by atoms with van der Waals surface area (Å²) in [6.07, 6.45) is 1.77. The predicted octanol–water partition coefficient (Wildman–Crippen LogP) is 4.51. The maximum absolute atomic E-state index is 11.8. The molecule has 0 aromatic heterocycles. The number of aryl methyl sites for hydroxylation is 1. The molecule has 0 saturated heterocycles. The molecule has 7 heteroatoms. The third kappa shape index (κ3) is 5.04. The van der Waals surface area contributed by atoms with Gasteiger partial charge in [-0.2, -0.15) is 4.99 Å². The van der Waals surface area contributed by atoms with E-state index >= 15 is 0 Å². The molecule has 1 amide bonds. The Hall–Kier alpha value is -2.00. The van der Waals surface area contributed by atoms with Crippen LogP contribution in [0.5, 0.6) is 11.5 Å². The number of hydrogen-bond donors (Lipinski definition) is 1. The molecule has 0 spiro atoms. The van der Waals surface area contributed by atoms with E-state index in [1.807, 2.05) is 31.2 Å². The molecule has 2 aromatic rings. The van der Waals surface area contributed by atoms with Crippen LogP contribution in [0, 0.1) is 10.5 Å². The zero-order chi connectivity index (χ0) is 19.4. The van der Waals surface area contributed by atoms with Crippen LogP contribution in [0.25, 0.3) is 6.08 Å². The number of aliphatic imine (C=N–C) groups is 1. The van der Waals surface area contributed by atoms with Crippen LogP contribution < -0.4 is 15.2 Å². The fraction of sp³-hybridized carbons (Fsp3) is 0.200. The van der Waals surface area contributed by atoms with Crippen molar-refractivity contribution in [2.24, 2.45) is 10.7 Å². The molecule has 0 fully saturated rings. The Bertz CT molecular complexity index is 941. The second kappa shape index (κ2) is 8.79. The molecule has 0 radical (unpaired) electrons. The highest BCUT2D eigenvalue weighted by Gasteiger charge is 2.20. The number of benzene rings is 2. The third-order valence-corrected chi connectivity index (χ3v) is 5.35. The molecule has 3 rings (SSSR count). The second-order valence-electron chi connectivity index (χ2n) is 5.91. The van der Waals surface area contributed by atoms with Crippen LogP contribution in [0.1, 0.15) is 23.6 Å². The van der Waals surface area contributed by atoms with Crippen LogP contribution in [-0.2, 0) is 11.4 Å². The fourth-order valence-electron chi connectivity index (χ4n) is 2.61. The molecule has 1 heterocycles. The van der Waals surface area contributed by atoms with Crippen molar-refractivity contribution in [2.45, 2.75) is 20.5 Å². The molecule has 27 heavy (non-hydrogen) atoms. The van der Waals surface area contributed by atoms with Crippen LogP contribution in [-0.4, -0.2) is 17.7 Å². The lowest BCUT2D eigenvalue weighted by Gasteiger charge is -2.15. The predicted molar refractivity (Wildman–Crippen MR) is 118 cm³/mol. The van der Waals surface area contributed by atoms with Gasteiger partial charge in [-0.1, -0.05) is 29.8 Å². The molecule has 1 aliphatic heterocycles. The molecular weight excluding hydrogens is 475 g/mol. The smallest absolute Gasteiger partial charge is 0.286 e. The van der Waals surface area contributed by atoms with E-state index in [0.717, 1.165) is 14.7 Å². The number of ether oxygens (including phenoxy) is 2. The van der Waals surface area contributed by atoms with E-state index in [1.54, 1.807) is 6.08 Å². The zero-order valence-electron chi connectivity index (χ0n) is 15.0. The largest absolute Gasteiger partial charge is 0.490 e. The normalized spacial score (nSPS) is 15.1. The van der Waals surface area contributed by atoms with Crippen molar-refractivity contribution in [1.82, 2.24) is 0 Å². The van der Waals surface area contributed by atoms with Gasteiger partial charge >= 0.3 is 0 Å². The molecule has 0 saturated carbocycles. The summed E-state index contributed by atoms with van der Waals surface area (Å²) in [7, 11) is 0. The highest BCUT2D eigenvalue weighted by Crippen LogP contribution is 2.36. The van der Waals surface area contributed by atoms with Gasteiger partial charge < -0.3 is 15.2 Å². The summed E-state index contributed by atoms with van der Waals surface area (Å²) in [6, 6.07) is 12.0. The van der Waals surface area contributed by atoms with E-state index in [1.165, 1.54) is 17.3 Å². The number of nitrogens with two attached hydrogens (primary N) is 1. The Morgan fingerprint density at radius 2 is 2.07 bits per heavy atom. The Labute approximate surface area is 176 Å². The van der Waals surface area contributed by atoms with Gasteiger partial charge in [0.15, 0.2) is 16.7 Å². The Morgan fingerprint density at radius 3 is 2.74 bits per heavy atom. The SMILES string of the molecule is CCOc1cc(C=C2SC(N)=NC2=O)cc(I)c1OCc1cccc(C)c1. The van der Waals surface area contributed by atoms with Crippen LogP contribution in [0.15, 0.2) is 46.3 Å². The number of rotatable bonds is 6. The highest BCUT2D eigenvalue weighted by molar-refractivity contribution is 14.1. The molecule has 0 atom stereocenters. The number of thioether (sulfide) groups is 1. The van der Waals surface area contributed by atoms with Gasteiger partial charge in [0.05, 0.1) is 15.1 Å². The maximum Gasteiger partial charge on any atom is 0.286 e.